The number of phenolic OH excluding ortho intramolecular Hbond substituents is 2. The van der Waals surface area contributed by atoms with Gasteiger partial charge in [0.2, 0.25) is 5.91 Å². The van der Waals surface area contributed by atoms with E-state index in [1.165, 1.54) is 6.07 Å². The number of aliphatic hydroxyl groups excluding tert-OH is 1. The molecule has 5 N–H and O–H groups in total. The lowest BCUT2D eigenvalue weighted by Crippen LogP contribution is -2.38. The lowest BCUT2D eigenvalue weighted by Gasteiger charge is -2.26. The summed E-state index contributed by atoms with van der Waals surface area (Å²) in [5.74, 6) is -0.485. The summed E-state index contributed by atoms with van der Waals surface area (Å²) in [6.07, 6.45) is 11.1. The van der Waals surface area contributed by atoms with Crippen LogP contribution < -0.4 is 10.6 Å². The van der Waals surface area contributed by atoms with Crippen LogP contribution in [0.3, 0.4) is 0 Å². The molecule has 0 saturated heterocycles. The molecular formula is C26H32N2O4. The Balaban J connectivity index is 1.76. The smallest absolute Gasteiger partial charge is 0.224 e. The van der Waals surface area contributed by atoms with Gasteiger partial charge in [-0.15, -0.1) is 0 Å². The molecule has 1 aromatic rings. The van der Waals surface area contributed by atoms with E-state index in [0.29, 0.717) is 31.4 Å². The van der Waals surface area contributed by atoms with Crippen LogP contribution in [0.2, 0.25) is 0 Å². The Morgan fingerprint density at radius 3 is 2.72 bits per heavy atom. The number of nitrogens with one attached hydrogen (secondary N) is 2. The largest absolute Gasteiger partial charge is 0.504 e. The summed E-state index contributed by atoms with van der Waals surface area (Å²) in [5.41, 5.74) is 3.45. The first-order valence-electron chi connectivity index (χ1n) is 10.8. The van der Waals surface area contributed by atoms with Gasteiger partial charge in [-0.25, -0.2) is 0 Å². The van der Waals surface area contributed by atoms with E-state index in [1.807, 2.05) is 31.2 Å². The van der Waals surface area contributed by atoms with Gasteiger partial charge in [0, 0.05) is 36.4 Å². The highest BCUT2D eigenvalue weighted by atomic mass is 16.3. The molecule has 0 radical (unpaired) electrons. The van der Waals surface area contributed by atoms with Crippen molar-refractivity contribution in [1.29, 1.82) is 0 Å². The summed E-state index contributed by atoms with van der Waals surface area (Å²) in [7, 11) is 0. The van der Waals surface area contributed by atoms with Gasteiger partial charge >= 0.3 is 0 Å². The molecule has 1 fully saturated rings. The second-order valence-electron chi connectivity index (χ2n) is 8.54. The topological polar surface area (TPSA) is 102 Å². The number of carbonyl (C=O) groups excluding carboxylic acids is 1. The number of benzene rings is 1. The maximum absolute atomic E-state index is 12.9. The minimum atomic E-state index is -0.531. The van der Waals surface area contributed by atoms with E-state index in [-0.39, 0.29) is 36.5 Å². The van der Waals surface area contributed by atoms with E-state index < -0.39 is 5.41 Å². The van der Waals surface area contributed by atoms with Crippen LogP contribution >= 0.6 is 0 Å². The van der Waals surface area contributed by atoms with Crippen molar-refractivity contribution >= 4 is 5.91 Å². The summed E-state index contributed by atoms with van der Waals surface area (Å²) in [6, 6.07) is 2.92. The van der Waals surface area contributed by atoms with Gasteiger partial charge in [-0.2, -0.15) is 0 Å². The van der Waals surface area contributed by atoms with Gasteiger partial charge in [-0.3, -0.25) is 4.79 Å². The van der Waals surface area contributed by atoms with Gasteiger partial charge in [0.25, 0.3) is 0 Å². The molecular weight excluding hydrogens is 404 g/mol. The molecule has 6 nitrogen and oxygen atoms in total. The van der Waals surface area contributed by atoms with Gasteiger partial charge in [-0.1, -0.05) is 49.1 Å². The lowest BCUT2D eigenvalue weighted by atomic mass is 9.83. The van der Waals surface area contributed by atoms with Crippen LogP contribution in [-0.2, 0) is 10.2 Å². The molecule has 1 heterocycles. The maximum Gasteiger partial charge on any atom is 0.224 e. The highest BCUT2D eigenvalue weighted by Crippen LogP contribution is 2.60. The van der Waals surface area contributed by atoms with Crippen molar-refractivity contribution in [1.82, 2.24) is 10.6 Å². The van der Waals surface area contributed by atoms with Gasteiger partial charge in [0.15, 0.2) is 11.5 Å². The zero-order valence-corrected chi connectivity index (χ0v) is 18.5. The van der Waals surface area contributed by atoms with Crippen molar-refractivity contribution in [2.45, 2.75) is 44.1 Å². The fourth-order valence-electron chi connectivity index (χ4n) is 4.38. The number of allylic oxidation sites excluding steroid dienone is 5. The maximum atomic E-state index is 12.9. The monoisotopic (exact) mass is 436 g/mol. The average molecular weight is 437 g/mol. The second-order valence-corrected chi connectivity index (χ2v) is 8.54. The van der Waals surface area contributed by atoms with E-state index in [4.69, 9.17) is 0 Å². The molecule has 1 aliphatic heterocycles. The van der Waals surface area contributed by atoms with Crippen LogP contribution in [0.5, 0.6) is 11.5 Å². The Labute approximate surface area is 189 Å². The lowest BCUT2D eigenvalue weighted by molar-refractivity contribution is -0.121. The SMILES string of the molecule is C=C1/C=C\C=C/CNC=C1CC(=O)NC(CCO)CC1(c2c(C)ccc(O)c2O)CC1=C. The van der Waals surface area contributed by atoms with Gasteiger partial charge in [0.05, 0.1) is 6.42 Å². The number of carbonyl (C=O) groups is 1. The van der Waals surface area contributed by atoms with E-state index >= 15 is 0 Å². The Hall–Kier alpha value is -3.25. The summed E-state index contributed by atoms with van der Waals surface area (Å²) in [6.45, 7) is 10.6. The number of amides is 1. The number of rotatable bonds is 8. The predicted octanol–water partition coefficient (Wildman–Crippen LogP) is 3.41. The fraction of sp³-hybridized carbons (Fsp3) is 0.346. The third-order valence-corrected chi connectivity index (χ3v) is 6.17. The van der Waals surface area contributed by atoms with Crippen molar-refractivity contribution < 1.29 is 20.1 Å². The normalized spacial score (nSPS) is 23.1. The number of aryl methyl sites for hydroxylation is 1. The number of hydrogen-bond donors (Lipinski definition) is 5. The van der Waals surface area contributed by atoms with Gasteiger partial charge < -0.3 is 26.0 Å². The van der Waals surface area contributed by atoms with Gasteiger partial charge in [0.1, 0.15) is 0 Å². The molecule has 32 heavy (non-hydrogen) atoms. The molecule has 1 amide bonds. The standard InChI is InChI=1S/C26H32N2O4/c1-17-7-5-4-6-11-27-16-20(17)13-23(31)28-21(10-12-29)15-26(14-19(26)3)24-18(2)8-9-22(30)25(24)32/h4-9,16,21,27,29-30,32H,1,3,10-15H2,2H3,(H,28,31)/b6-4-,7-5-,20-16?. The molecule has 6 heteroatoms. The number of hydrogen-bond acceptors (Lipinski definition) is 5. The van der Waals surface area contributed by atoms with E-state index in [2.05, 4.69) is 23.8 Å². The van der Waals surface area contributed by atoms with Crippen LogP contribution in [0.1, 0.15) is 36.8 Å². The summed E-state index contributed by atoms with van der Waals surface area (Å²) < 4.78 is 0. The predicted molar refractivity (Wildman–Crippen MR) is 126 cm³/mol. The minimum absolute atomic E-state index is 0.0795. The van der Waals surface area contributed by atoms with Gasteiger partial charge in [-0.05, 0) is 49.0 Å². The van der Waals surface area contributed by atoms with Crippen LogP contribution in [0.15, 0.2) is 72.5 Å². The van der Waals surface area contributed by atoms with Crippen molar-refractivity contribution in [2.24, 2.45) is 0 Å². The Kier molecular flexibility index (Phi) is 7.26. The van der Waals surface area contributed by atoms with Crippen LogP contribution in [0.25, 0.3) is 0 Å². The molecule has 1 aromatic carbocycles. The Morgan fingerprint density at radius 1 is 1.28 bits per heavy atom. The van der Waals surface area contributed by atoms with Crippen LogP contribution in [0, 0.1) is 6.92 Å². The number of phenols is 2. The molecule has 2 atom stereocenters. The molecule has 170 valence electrons. The Bertz CT molecular complexity index is 1010. The van der Waals surface area contributed by atoms with Crippen molar-refractivity contribution in [3.05, 3.63) is 83.6 Å². The molecule has 2 unspecified atom stereocenters. The fourth-order valence-corrected chi connectivity index (χ4v) is 4.38. The zero-order chi connectivity index (χ0) is 23.3. The van der Waals surface area contributed by atoms with E-state index in [0.717, 1.165) is 22.3 Å². The molecule has 1 saturated carbocycles. The number of aromatic hydroxyl groups is 2. The highest BCUT2D eigenvalue weighted by Gasteiger charge is 2.52. The summed E-state index contributed by atoms with van der Waals surface area (Å²) in [5, 5.41) is 36.4. The molecule has 0 aromatic heterocycles. The average Bonchev–Trinajstić information content (AvgIpc) is 3.35. The van der Waals surface area contributed by atoms with Crippen molar-refractivity contribution in [3.63, 3.8) is 0 Å². The van der Waals surface area contributed by atoms with E-state index in [1.54, 1.807) is 12.3 Å². The zero-order valence-electron chi connectivity index (χ0n) is 18.5. The number of aliphatic hydroxyl groups is 1. The molecule has 0 spiro atoms. The highest BCUT2D eigenvalue weighted by molar-refractivity contribution is 5.80. The Morgan fingerprint density at radius 2 is 2.03 bits per heavy atom. The third-order valence-electron chi connectivity index (χ3n) is 6.17. The minimum Gasteiger partial charge on any atom is -0.504 e. The first kappa shape index (κ1) is 23.4. The first-order chi connectivity index (χ1) is 15.3. The molecule has 1 aliphatic carbocycles. The quantitative estimate of drug-likeness (QED) is 0.318. The van der Waals surface area contributed by atoms with Crippen LogP contribution in [-0.4, -0.2) is 40.4 Å². The summed E-state index contributed by atoms with van der Waals surface area (Å²) in [4.78, 5) is 12.9. The summed E-state index contributed by atoms with van der Waals surface area (Å²) >= 11 is 0. The van der Waals surface area contributed by atoms with Crippen molar-refractivity contribution in [3.8, 4) is 11.5 Å². The van der Waals surface area contributed by atoms with Crippen LogP contribution in [0.4, 0.5) is 0 Å². The molecule has 2 aliphatic rings. The van der Waals surface area contributed by atoms with Crippen molar-refractivity contribution in [2.75, 3.05) is 13.2 Å². The molecule has 0 bridgehead atoms. The molecule has 3 rings (SSSR count). The van der Waals surface area contributed by atoms with E-state index in [9.17, 15) is 20.1 Å². The second kappa shape index (κ2) is 9.92. The first-order valence-corrected chi connectivity index (χ1v) is 10.8. The third kappa shape index (κ3) is 5.14.